The molecule has 3 nitrogen and oxygen atoms in total. The zero-order valence-electron chi connectivity index (χ0n) is 16.3. The second kappa shape index (κ2) is 9.05. The lowest BCUT2D eigenvalue weighted by molar-refractivity contribution is 0.173. The van der Waals surface area contributed by atoms with Gasteiger partial charge in [-0.15, -0.1) is 0 Å². The molecule has 0 radical (unpaired) electrons. The van der Waals surface area contributed by atoms with E-state index in [1.54, 1.807) is 0 Å². The average Bonchev–Trinajstić information content (AvgIpc) is 2.61. The molecule has 0 aromatic heterocycles. The van der Waals surface area contributed by atoms with Crippen LogP contribution < -0.4 is 5.32 Å². The maximum atomic E-state index is 6.44. The predicted octanol–water partition coefficient (Wildman–Crippen LogP) is 5.25. The number of nitrogens with zero attached hydrogens (tertiary/aromatic N) is 2. The van der Waals surface area contributed by atoms with Crippen molar-refractivity contribution >= 4 is 34.6 Å². The fraction of sp³-hybridized carbons (Fsp3) is 0.409. The molecule has 1 fully saturated rings. The molecule has 0 amide bonds. The molecule has 0 spiro atoms. The largest absolute Gasteiger partial charge is 0.342 e. The average molecular weight is 402 g/mol. The SMILES string of the molecule is Cc1cc(C)cc(NC(=S)N(Cc2ccccc2Cl)C2CCN(C)CC2)c1. The van der Waals surface area contributed by atoms with Crippen molar-refractivity contribution in [2.45, 2.75) is 39.3 Å². The van der Waals surface area contributed by atoms with Crippen molar-refractivity contribution in [3.63, 3.8) is 0 Å². The van der Waals surface area contributed by atoms with Crippen LogP contribution in [-0.2, 0) is 6.54 Å². The van der Waals surface area contributed by atoms with E-state index in [4.69, 9.17) is 23.8 Å². The molecular formula is C22H28ClN3S. The van der Waals surface area contributed by atoms with Crippen LogP contribution in [0, 0.1) is 13.8 Å². The first-order chi connectivity index (χ1) is 12.9. The van der Waals surface area contributed by atoms with E-state index >= 15 is 0 Å². The summed E-state index contributed by atoms with van der Waals surface area (Å²) >= 11 is 12.3. The smallest absolute Gasteiger partial charge is 0.173 e. The number of rotatable bonds is 4. The Balaban J connectivity index is 1.81. The molecule has 1 N–H and O–H groups in total. The fourth-order valence-electron chi connectivity index (χ4n) is 3.73. The highest BCUT2D eigenvalue weighted by molar-refractivity contribution is 7.80. The first kappa shape index (κ1) is 20.1. The van der Waals surface area contributed by atoms with E-state index in [1.165, 1.54) is 11.1 Å². The quantitative estimate of drug-likeness (QED) is 0.705. The van der Waals surface area contributed by atoms with Gasteiger partial charge in [0.2, 0.25) is 0 Å². The molecule has 27 heavy (non-hydrogen) atoms. The Labute approximate surface area is 173 Å². The van der Waals surface area contributed by atoms with Gasteiger partial charge in [-0.25, -0.2) is 0 Å². The summed E-state index contributed by atoms with van der Waals surface area (Å²) in [4.78, 5) is 4.70. The number of nitrogens with one attached hydrogen (secondary N) is 1. The number of hydrogen-bond acceptors (Lipinski definition) is 2. The number of aryl methyl sites for hydroxylation is 2. The van der Waals surface area contributed by atoms with Gasteiger partial charge in [-0.3, -0.25) is 0 Å². The lowest BCUT2D eigenvalue weighted by Crippen LogP contribution is -2.47. The van der Waals surface area contributed by atoms with Crippen molar-refractivity contribution in [3.8, 4) is 0 Å². The Morgan fingerprint density at radius 2 is 1.78 bits per heavy atom. The van der Waals surface area contributed by atoms with Gasteiger partial charge < -0.3 is 15.1 Å². The van der Waals surface area contributed by atoms with Gasteiger partial charge in [0.25, 0.3) is 0 Å². The fourth-order valence-corrected chi connectivity index (χ4v) is 4.25. The van der Waals surface area contributed by atoms with Crippen molar-refractivity contribution in [3.05, 3.63) is 64.2 Å². The number of thiocarbonyl (C=S) groups is 1. The Morgan fingerprint density at radius 1 is 1.15 bits per heavy atom. The van der Waals surface area contributed by atoms with Gasteiger partial charge in [0, 0.05) is 23.3 Å². The van der Waals surface area contributed by atoms with Gasteiger partial charge in [0.15, 0.2) is 5.11 Å². The van der Waals surface area contributed by atoms with Crippen molar-refractivity contribution in [2.24, 2.45) is 0 Å². The van der Waals surface area contributed by atoms with E-state index in [2.05, 4.69) is 60.3 Å². The Bertz CT molecular complexity index is 780. The van der Waals surface area contributed by atoms with Gasteiger partial charge in [-0.05, 0) is 93.9 Å². The van der Waals surface area contributed by atoms with E-state index in [9.17, 15) is 0 Å². The monoisotopic (exact) mass is 401 g/mol. The van der Waals surface area contributed by atoms with Crippen LogP contribution >= 0.6 is 23.8 Å². The molecule has 2 aromatic carbocycles. The van der Waals surface area contributed by atoms with E-state index in [0.29, 0.717) is 6.04 Å². The topological polar surface area (TPSA) is 18.5 Å². The molecule has 1 heterocycles. The normalized spacial score (nSPS) is 15.6. The lowest BCUT2D eigenvalue weighted by Gasteiger charge is -2.39. The molecule has 0 bridgehead atoms. The third-order valence-electron chi connectivity index (χ3n) is 5.16. The summed E-state index contributed by atoms with van der Waals surface area (Å²) in [7, 11) is 2.18. The number of likely N-dealkylation sites (tertiary alicyclic amines) is 1. The first-order valence-electron chi connectivity index (χ1n) is 9.50. The molecule has 1 aliphatic rings. The Morgan fingerprint density at radius 3 is 2.41 bits per heavy atom. The van der Waals surface area contributed by atoms with Crippen molar-refractivity contribution in [1.82, 2.24) is 9.80 Å². The molecule has 0 unspecified atom stereocenters. The molecule has 1 aliphatic heterocycles. The van der Waals surface area contributed by atoms with Crippen LogP contribution in [0.3, 0.4) is 0 Å². The number of piperidine rings is 1. The Hall–Kier alpha value is -1.62. The predicted molar refractivity (Wildman–Crippen MR) is 120 cm³/mol. The van der Waals surface area contributed by atoms with Gasteiger partial charge in [0.05, 0.1) is 0 Å². The van der Waals surface area contributed by atoms with Gasteiger partial charge in [-0.2, -0.15) is 0 Å². The van der Waals surface area contributed by atoms with Gasteiger partial charge in [-0.1, -0.05) is 35.9 Å². The minimum absolute atomic E-state index is 0.420. The van der Waals surface area contributed by atoms with E-state index in [0.717, 1.165) is 53.9 Å². The summed E-state index contributed by atoms with van der Waals surface area (Å²) in [6.07, 6.45) is 2.21. The van der Waals surface area contributed by atoms with Crippen LogP contribution in [0.4, 0.5) is 5.69 Å². The molecule has 0 saturated carbocycles. The molecule has 1 saturated heterocycles. The number of anilines is 1. The molecule has 2 aromatic rings. The first-order valence-corrected chi connectivity index (χ1v) is 10.3. The summed E-state index contributed by atoms with van der Waals surface area (Å²) in [5.41, 5.74) is 4.63. The molecule has 5 heteroatoms. The van der Waals surface area contributed by atoms with Crippen molar-refractivity contribution in [1.29, 1.82) is 0 Å². The molecule has 0 aliphatic carbocycles. The standard InChI is InChI=1S/C22H28ClN3S/c1-16-12-17(2)14-19(13-16)24-22(27)26(20-8-10-25(3)11-9-20)15-18-6-4-5-7-21(18)23/h4-7,12-14,20H,8-11,15H2,1-3H3,(H,24,27). The van der Waals surface area contributed by atoms with Gasteiger partial charge in [0.1, 0.15) is 0 Å². The second-order valence-corrected chi connectivity index (χ2v) is 8.35. The van der Waals surface area contributed by atoms with Crippen LogP contribution in [0.1, 0.15) is 29.5 Å². The van der Waals surface area contributed by atoms with Crippen molar-refractivity contribution < 1.29 is 0 Å². The summed E-state index contributed by atoms with van der Waals surface area (Å²) in [6, 6.07) is 14.9. The summed E-state index contributed by atoms with van der Waals surface area (Å²) in [5.74, 6) is 0. The molecular weight excluding hydrogens is 374 g/mol. The molecule has 0 atom stereocenters. The van der Waals surface area contributed by atoms with Crippen LogP contribution in [0.15, 0.2) is 42.5 Å². The Kier molecular flexibility index (Phi) is 6.74. The van der Waals surface area contributed by atoms with Crippen molar-refractivity contribution in [2.75, 3.05) is 25.5 Å². The third-order valence-corrected chi connectivity index (χ3v) is 5.87. The number of benzene rings is 2. The third kappa shape index (κ3) is 5.44. The van der Waals surface area contributed by atoms with Crippen LogP contribution in [0.25, 0.3) is 0 Å². The van der Waals surface area contributed by atoms with Crippen LogP contribution in [-0.4, -0.2) is 41.1 Å². The van der Waals surface area contributed by atoms with E-state index < -0.39 is 0 Å². The molecule has 144 valence electrons. The maximum Gasteiger partial charge on any atom is 0.173 e. The number of halogens is 1. The number of hydrogen-bond donors (Lipinski definition) is 1. The zero-order valence-corrected chi connectivity index (χ0v) is 17.9. The summed E-state index contributed by atoms with van der Waals surface area (Å²) < 4.78 is 0. The minimum Gasteiger partial charge on any atom is -0.342 e. The highest BCUT2D eigenvalue weighted by Crippen LogP contribution is 2.24. The van der Waals surface area contributed by atoms with Crippen LogP contribution in [0.5, 0.6) is 0 Å². The summed E-state index contributed by atoms with van der Waals surface area (Å²) in [6.45, 7) is 7.13. The van der Waals surface area contributed by atoms with Crippen LogP contribution in [0.2, 0.25) is 5.02 Å². The van der Waals surface area contributed by atoms with E-state index in [-0.39, 0.29) is 0 Å². The lowest BCUT2D eigenvalue weighted by atomic mass is 10.0. The van der Waals surface area contributed by atoms with Gasteiger partial charge >= 0.3 is 0 Å². The summed E-state index contributed by atoms with van der Waals surface area (Å²) in [5, 5.41) is 5.04. The highest BCUT2D eigenvalue weighted by atomic mass is 35.5. The minimum atomic E-state index is 0.420. The second-order valence-electron chi connectivity index (χ2n) is 7.56. The van der Waals surface area contributed by atoms with E-state index in [1.807, 2.05) is 18.2 Å². The maximum absolute atomic E-state index is 6.44. The zero-order chi connectivity index (χ0) is 19.4. The molecule has 3 rings (SSSR count). The highest BCUT2D eigenvalue weighted by Gasteiger charge is 2.26.